The van der Waals surface area contributed by atoms with Crippen LogP contribution in [0.15, 0.2) is 30.6 Å². The Hall–Kier alpha value is -2.99. The third kappa shape index (κ3) is 3.63. The molecule has 0 radical (unpaired) electrons. The Morgan fingerprint density at radius 2 is 2.00 bits per heavy atom. The molecule has 0 amide bonds. The number of aliphatic hydroxyl groups is 3. The molecule has 1 aromatic carbocycles. The lowest BCUT2D eigenvalue weighted by molar-refractivity contribution is -0.0511. The summed E-state index contributed by atoms with van der Waals surface area (Å²) in [6, 6.07) is 7.66. The lowest BCUT2D eigenvalue weighted by atomic mass is 10.1. The Bertz CT molecular complexity index is 1030. The SMILES string of the molecule is COc1ccccc1CCOc1nc(N)c2ncn(C3O[C@H](CO)[C@@H](O)[C@H]3O)c2n1. The molecule has 0 bridgehead atoms. The second-order valence-corrected chi connectivity index (χ2v) is 6.85. The van der Waals surface area contributed by atoms with Crippen molar-refractivity contribution in [3.8, 4) is 11.8 Å². The van der Waals surface area contributed by atoms with Gasteiger partial charge in [0.15, 0.2) is 23.2 Å². The quantitative estimate of drug-likeness (QED) is 0.400. The van der Waals surface area contributed by atoms with E-state index in [2.05, 4.69) is 15.0 Å². The molecule has 160 valence electrons. The number of hydrogen-bond donors (Lipinski definition) is 4. The molecule has 2 aromatic heterocycles. The van der Waals surface area contributed by atoms with Gasteiger partial charge < -0.3 is 35.3 Å². The highest BCUT2D eigenvalue weighted by atomic mass is 16.6. The van der Waals surface area contributed by atoms with Gasteiger partial charge in [-0.15, -0.1) is 0 Å². The minimum Gasteiger partial charge on any atom is -0.496 e. The van der Waals surface area contributed by atoms with Crippen molar-refractivity contribution in [2.45, 2.75) is 31.0 Å². The number of nitrogens with zero attached hydrogens (tertiary/aromatic N) is 4. The largest absolute Gasteiger partial charge is 0.496 e. The van der Waals surface area contributed by atoms with Crippen LogP contribution < -0.4 is 15.2 Å². The van der Waals surface area contributed by atoms with Gasteiger partial charge in [0.2, 0.25) is 0 Å². The fraction of sp³-hybridized carbons (Fsp3) is 0.421. The van der Waals surface area contributed by atoms with E-state index in [-0.39, 0.29) is 24.1 Å². The third-order valence-electron chi connectivity index (χ3n) is 5.01. The van der Waals surface area contributed by atoms with Crippen LogP contribution in [0.2, 0.25) is 0 Å². The van der Waals surface area contributed by atoms with Crippen LogP contribution in [0.25, 0.3) is 11.2 Å². The van der Waals surface area contributed by atoms with Crippen molar-refractivity contribution in [1.29, 1.82) is 0 Å². The lowest BCUT2D eigenvalue weighted by Gasteiger charge is -2.16. The fourth-order valence-electron chi connectivity index (χ4n) is 3.44. The highest BCUT2D eigenvalue weighted by Gasteiger charge is 2.44. The average molecular weight is 417 g/mol. The topological polar surface area (TPSA) is 158 Å². The van der Waals surface area contributed by atoms with Gasteiger partial charge in [0.25, 0.3) is 0 Å². The molecule has 30 heavy (non-hydrogen) atoms. The maximum Gasteiger partial charge on any atom is 0.320 e. The first-order valence-electron chi connectivity index (χ1n) is 9.40. The number of benzene rings is 1. The molecule has 1 saturated heterocycles. The predicted molar refractivity (Wildman–Crippen MR) is 105 cm³/mol. The molecule has 11 nitrogen and oxygen atoms in total. The summed E-state index contributed by atoms with van der Waals surface area (Å²) in [4.78, 5) is 12.6. The number of nitrogen functional groups attached to an aromatic ring is 1. The third-order valence-corrected chi connectivity index (χ3v) is 5.01. The van der Waals surface area contributed by atoms with Gasteiger partial charge in [-0.25, -0.2) is 4.98 Å². The molecule has 0 spiro atoms. The first kappa shape index (κ1) is 20.3. The molecule has 4 rings (SSSR count). The van der Waals surface area contributed by atoms with Crippen LogP contribution in [0.3, 0.4) is 0 Å². The molecule has 1 aliphatic heterocycles. The highest BCUT2D eigenvalue weighted by molar-refractivity contribution is 5.82. The second-order valence-electron chi connectivity index (χ2n) is 6.85. The van der Waals surface area contributed by atoms with Crippen LogP contribution in [-0.2, 0) is 11.2 Å². The number of para-hydroxylation sites is 1. The van der Waals surface area contributed by atoms with Crippen molar-refractivity contribution in [3.63, 3.8) is 0 Å². The first-order chi connectivity index (χ1) is 14.5. The average Bonchev–Trinajstić information content (AvgIpc) is 3.30. The van der Waals surface area contributed by atoms with Crippen LogP contribution >= 0.6 is 0 Å². The van der Waals surface area contributed by atoms with E-state index in [9.17, 15) is 15.3 Å². The van der Waals surface area contributed by atoms with E-state index in [0.29, 0.717) is 11.9 Å². The Labute approximate surface area is 171 Å². The minimum atomic E-state index is -1.27. The zero-order valence-electron chi connectivity index (χ0n) is 16.3. The van der Waals surface area contributed by atoms with Gasteiger partial charge >= 0.3 is 6.01 Å². The number of hydrogen-bond acceptors (Lipinski definition) is 10. The number of nitrogens with two attached hydrogens (primary N) is 1. The zero-order chi connectivity index (χ0) is 21.3. The minimum absolute atomic E-state index is 0.0448. The number of ether oxygens (including phenoxy) is 3. The van der Waals surface area contributed by atoms with Crippen LogP contribution in [0.4, 0.5) is 5.82 Å². The normalized spacial score (nSPS) is 23.7. The summed E-state index contributed by atoms with van der Waals surface area (Å²) in [6.07, 6.45) is -2.47. The maximum absolute atomic E-state index is 10.3. The Kier molecular flexibility index (Phi) is 5.68. The smallest absolute Gasteiger partial charge is 0.320 e. The van der Waals surface area contributed by atoms with Gasteiger partial charge in [0.1, 0.15) is 24.1 Å². The lowest BCUT2D eigenvalue weighted by Crippen LogP contribution is -2.33. The molecule has 1 aliphatic rings. The molecule has 4 atom stereocenters. The molecular weight excluding hydrogens is 394 g/mol. The second kappa shape index (κ2) is 8.40. The molecular formula is C19H23N5O6. The van der Waals surface area contributed by atoms with Gasteiger partial charge in [0.05, 0.1) is 26.7 Å². The van der Waals surface area contributed by atoms with Crippen LogP contribution in [-0.4, -0.2) is 73.5 Å². The molecule has 5 N–H and O–H groups in total. The number of aromatic nitrogens is 4. The van der Waals surface area contributed by atoms with Crippen LogP contribution in [0.5, 0.6) is 11.8 Å². The summed E-state index contributed by atoms with van der Waals surface area (Å²) in [6.45, 7) is -0.150. The van der Waals surface area contributed by atoms with Gasteiger partial charge in [0, 0.05) is 6.42 Å². The summed E-state index contributed by atoms with van der Waals surface area (Å²) in [5.41, 5.74) is 7.56. The van der Waals surface area contributed by atoms with E-state index in [1.807, 2.05) is 24.3 Å². The molecule has 1 unspecified atom stereocenters. The van der Waals surface area contributed by atoms with E-state index in [1.165, 1.54) is 10.9 Å². The zero-order valence-corrected chi connectivity index (χ0v) is 16.3. The fourth-order valence-corrected chi connectivity index (χ4v) is 3.44. The number of rotatable bonds is 7. The molecule has 1 fully saturated rings. The van der Waals surface area contributed by atoms with E-state index < -0.39 is 31.1 Å². The molecule has 11 heteroatoms. The number of fused-ring (bicyclic) bond motifs is 1. The number of imidazole rings is 1. The number of methoxy groups -OCH3 is 1. The van der Waals surface area contributed by atoms with Gasteiger partial charge in [-0.1, -0.05) is 18.2 Å². The van der Waals surface area contributed by atoms with Crippen molar-refractivity contribution < 1.29 is 29.5 Å². The van der Waals surface area contributed by atoms with Crippen LogP contribution in [0, 0.1) is 0 Å². The molecule has 0 aliphatic carbocycles. The highest BCUT2D eigenvalue weighted by Crippen LogP contribution is 2.32. The first-order valence-corrected chi connectivity index (χ1v) is 9.40. The standard InChI is InChI=1S/C19H23N5O6/c1-28-11-5-3-2-4-10(11)6-7-29-19-22-16(20)13-17(23-19)24(9-21-13)18-15(27)14(26)12(8-25)30-18/h2-5,9,12,14-15,18,25-27H,6-8H2,1H3,(H2,20,22,23)/t12-,14-,15-,18?/m1/s1. The van der Waals surface area contributed by atoms with E-state index in [0.717, 1.165) is 11.3 Å². The van der Waals surface area contributed by atoms with Gasteiger partial charge in [-0.2, -0.15) is 9.97 Å². The summed E-state index contributed by atoms with van der Waals surface area (Å²) >= 11 is 0. The van der Waals surface area contributed by atoms with Crippen molar-refractivity contribution in [2.75, 3.05) is 26.1 Å². The Morgan fingerprint density at radius 3 is 2.73 bits per heavy atom. The summed E-state index contributed by atoms with van der Waals surface area (Å²) in [5.74, 6) is 0.872. The van der Waals surface area contributed by atoms with Crippen molar-refractivity contribution in [3.05, 3.63) is 36.2 Å². The predicted octanol–water partition coefficient (Wildman–Crippen LogP) is -0.350. The van der Waals surface area contributed by atoms with E-state index >= 15 is 0 Å². The summed E-state index contributed by atoms with van der Waals surface area (Å²) in [7, 11) is 1.61. The number of aliphatic hydroxyl groups excluding tert-OH is 3. The molecule has 0 saturated carbocycles. The Balaban J connectivity index is 1.55. The van der Waals surface area contributed by atoms with Crippen molar-refractivity contribution in [2.24, 2.45) is 0 Å². The summed E-state index contributed by atoms with van der Waals surface area (Å²) in [5, 5.41) is 29.6. The van der Waals surface area contributed by atoms with Gasteiger partial charge in [-0.05, 0) is 11.6 Å². The number of anilines is 1. The molecule has 3 aromatic rings. The van der Waals surface area contributed by atoms with E-state index in [1.54, 1.807) is 7.11 Å². The monoisotopic (exact) mass is 417 g/mol. The van der Waals surface area contributed by atoms with Crippen LogP contribution in [0.1, 0.15) is 11.8 Å². The van der Waals surface area contributed by atoms with E-state index in [4.69, 9.17) is 19.9 Å². The summed E-state index contributed by atoms with van der Waals surface area (Å²) < 4.78 is 18.0. The Morgan fingerprint density at radius 1 is 1.20 bits per heavy atom. The molecule has 3 heterocycles. The van der Waals surface area contributed by atoms with Gasteiger partial charge in [-0.3, -0.25) is 4.57 Å². The maximum atomic E-state index is 10.3. The van der Waals surface area contributed by atoms with Crippen molar-refractivity contribution >= 4 is 17.0 Å². The van der Waals surface area contributed by atoms with Crippen molar-refractivity contribution in [1.82, 2.24) is 19.5 Å².